The van der Waals surface area contributed by atoms with Gasteiger partial charge in [0.05, 0.1) is 0 Å². The Labute approximate surface area is 763 Å². The number of benzene rings is 15. The smallest absolute Gasteiger partial charge is 0 e. The summed E-state index contributed by atoms with van der Waals surface area (Å²) in [6, 6.07) is 160. The quantitative estimate of drug-likeness (QED) is 0.0380. The molecule has 18 rings (SSSR count). The van der Waals surface area contributed by atoms with E-state index < -0.39 is 76.3 Å². The van der Waals surface area contributed by atoms with Gasteiger partial charge in [-0.25, -0.2) is 0 Å². The number of rotatable bonds is 27. The fraction of sp³-hybridized carbons (Fsp3) is 0.186. The molecule has 3 heterocycles. The van der Waals surface area contributed by atoms with Crippen LogP contribution in [-0.4, -0.2) is 55.2 Å². The second-order valence-corrected chi connectivity index (χ2v) is 56.3. The molecule has 0 aromatic heterocycles. The fourth-order valence-electron chi connectivity index (χ4n) is 18.1. The molecule has 2 bridgehead atoms. The summed E-state index contributed by atoms with van der Waals surface area (Å²) in [5, 5.41) is 16.3. The van der Waals surface area contributed by atoms with Crippen molar-refractivity contribution in [3.8, 4) is 0 Å². The third kappa shape index (κ3) is 23.3. The Morgan fingerprint density at radius 2 is 0.565 bits per heavy atom. The van der Waals surface area contributed by atoms with Gasteiger partial charge in [-0.05, 0) is 95.3 Å². The van der Waals surface area contributed by atoms with E-state index in [1.165, 1.54) is 127 Å². The summed E-state index contributed by atoms with van der Waals surface area (Å²) in [4.78, 5) is 3.03. The van der Waals surface area contributed by atoms with E-state index in [1.807, 2.05) is 18.2 Å². The van der Waals surface area contributed by atoms with Crippen LogP contribution in [0.3, 0.4) is 0 Å². The fourth-order valence-corrected chi connectivity index (χ4v) is 45.7. The van der Waals surface area contributed by atoms with Crippen molar-refractivity contribution in [1.29, 1.82) is 0 Å². The van der Waals surface area contributed by atoms with E-state index in [0.717, 1.165) is 19.4 Å². The van der Waals surface area contributed by atoms with E-state index >= 15 is 0 Å². The molecular weight excluding hydrogens is 1800 g/mol. The van der Waals surface area contributed by atoms with E-state index in [2.05, 4.69) is 456 Å². The second kappa shape index (κ2) is 47.6. The maximum atomic E-state index is 14.7. The van der Waals surface area contributed by atoms with Gasteiger partial charge in [-0.3, -0.25) is 0 Å². The molecular formula is C113H115NO3P4PdSSn. The van der Waals surface area contributed by atoms with Gasteiger partial charge in [0.15, 0.2) is 0 Å². The molecule has 0 saturated carbocycles. The van der Waals surface area contributed by atoms with Crippen LogP contribution in [0.4, 0.5) is 0 Å². The van der Waals surface area contributed by atoms with Gasteiger partial charge in [-0.2, -0.15) is 0 Å². The van der Waals surface area contributed by atoms with Gasteiger partial charge in [0.2, 0.25) is 0 Å². The van der Waals surface area contributed by atoms with E-state index in [-0.39, 0.29) is 26.5 Å². The van der Waals surface area contributed by atoms with Gasteiger partial charge < -0.3 is 0 Å². The first kappa shape index (κ1) is 92.8. The van der Waals surface area contributed by atoms with Crippen molar-refractivity contribution in [1.82, 2.24) is 4.90 Å². The van der Waals surface area contributed by atoms with Crippen LogP contribution in [0, 0.1) is 0 Å². The molecule has 11 heteroatoms. The Morgan fingerprint density at radius 1 is 0.331 bits per heavy atom. The number of hydrogen-bond acceptors (Lipinski definition) is 4. The molecule has 4 unspecified atom stereocenters. The SMILES string of the molecule is CCC[CH2][Sn]([CH2]CCC)([CH2]CCC)[C]1=CC2(CCC3C(S(=O)(=O)c4ccccc4)CC2(c2ccccc2)N3Cc2ccccc2)OC1.[Pd].c1ccc(P(c2ccccc2)c2ccccc2)cc1.c1ccc(P(c2ccccc2)c2ccccc2)cc1.c1ccc(P(c2ccccc2)c2ccccc2)cc1.c1ccc(P(c2ccccc2)c2ccccc2)cc1. The maximum Gasteiger partial charge on any atom is 0 e. The largest absolute Gasteiger partial charge is 0.0622 e. The van der Waals surface area contributed by atoms with Gasteiger partial charge in [0.25, 0.3) is 0 Å². The van der Waals surface area contributed by atoms with Crippen LogP contribution in [0.1, 0.15) is 89.7 Å². The molecule has 124 heavy (non-hydrogen) atoms. The zero-order chi connectivity index (χ0) is 84.6. The predicted molar refractivity (Wildman–Crippen MR) is 537 cm³/mol. The van der Waals surface area contributed by atoms with E-state index in [9.17, 15) is 8.42 Å². The molecule has 2 saturated heterocycles. The Bertz CT molecular complexity index is 4820. The first-order valence-electron chi connectivity index (χ1n) is 44.0. The summed E-state index contributed by atoms with van der Waals surface area (Å²) in [6.07, 6.45) is 12.6. The summed E-state index contributed by atoms with van der Waals surface area (Å²) in [6.45, 7) is 8.47. The zero-order valence-electron chi connectivity index (χ0n) is 71.6. The van der Waals surface area contributed by atoms with Gasteiger partial charge in [-0.15, -0.1) is 0 Å². The molecule has 4 nitrogen and oxygen atoms in total. The summed E-state index contributed by atoms with van der Waals surface area (Å²) < 4.78 is 42.6. The van der Waals surface area contributed by atoms with Crippen molar-refractivity contribution in [2.24, 2.45) is 0 Å². The number of piperidine rings is 1. The van der Waals surface area contributed by atoms with Crippen molar-refractivity contribution in [3.63, 3.8) is 0 Å². The molecule has 3 aliphatic heterocycles. The molecule has 1 spiro atoms. The second-order valence-electron chi connectivity index (χ2n) is 31.9. The molecule has 630 valence electrons. The zero-order valence-corrected chi connectivity index (χ0v) is 80.4. The summed E-state index contributed by atoms with van der Waals surface area (Å²) in [7, 11) is -5.38. The molecule has 0 amide bonds. The molecule has 15 aromatic carbocycles. The summed E-state index contributed by atoms with van der Waals surface area (Å²) in [5.41, 5.74) is 1.28. The van der Waals surface area contributed by atoms with Crippen LogP contribution in [0.15, 0.2) is 470 Å². The number of unbranched alkanes of at least 4 members (excludes halogenated alkanes) is 3. The number of ether oxygens (including phenoxy) is 1. The van der Waals surface area contributed by atoms with Crippen LogP contribution >= 0.6 is 31.7 Å². The Kier molecular flexibility index (Phi) is 35.6. The summed E-state index contributed by atoms with van der Waals surface area (Å²) >= 11 is -2.79. The molecule has 0 aliphatic carbocycles. The van der Waals surface area contributed by atoms with E-state index in [4.69, 9.17) is 4.74 Å². The average Bonchev–Trinajstić information content (AvgIpc) is 1.51. The topological polar surface area (TPSA) is 46.6 Å². The Balaban J connectivity index is 0.000000143. The van der Waals surface area contributed by atoms with Crippen molar-refractivity contribution in [3.05, 3.63) is 476 Å². The van der Waals surface area contributed by atoms with Crippen LogP contribution in [0.2, 0.25) is 13.3 Å². The minimum absolute atomic E-state index is 0. The minimum atomic E-state index is -3.59. The molecule has 3 aliphatic rings. The minimum Gasteiger partial charge on any atom is -0.0622 e. The van der Waals surface area contributed by atoms with Crippen LogP contribution in [-0.2, 0) is 47.1 Å². The first-order chi connectivity index (χ1) is 60.7. The molecule has 15 aromatic rings. The van der Waals surface area contributed by atoms with E-state index in [0.29, 0.717) is 17.9 Å². The van der Waals surface area contributed by atoms with Crippen LogP contribution in [0.5, 0.6) is 0 Å². The predicted octanol–water partition coefficient (Wildman–Crippen LogP) is 23.7. The molecule has 0 N–H and O–H groups in total. The summed E-state index contributed by atoms with van der Waals surface area (Å²) in [5.74, 6) is 0. The third-order valence-corrected chi connectivity index (χ3v) is 51.9. The van der Waals surface area contributed by atoms with Gasteiger partial charge in [0, 0.05) is 20.4 Å². The van der Waals surface area contributed by atoms with E-state index in [1.54, 1.807) is 15.7 Å². The number of nitrogens with zero attached hydrogens (tertiary/aromatic N) is 1. The number of hydrogen-bond donors (Lipinski definition) is 0. The standard InChI is InChI=1S/C29H28NO3S.4C18H15P.3C4H9.Pd.Sn/c31-34(32,25-15-8-3-9-16-25)27-21-29(24-13-6-2-7-14-24)28(18-10-20-33-28)19-17-26(27)30(29)22-23-11-4-1-5-12-23;4*1-4-10-16(11-5-1)19(17-12-6-2-7-13-17)18-14-8-3-9-15-18;3*1-3-4-2;;/h1-9,11-16,18,26-27H,17,19-22H2;4*1-15H;3*1,3-4H2,2H3;;. The Morgan fingerprint density at radius 3 is 0.815 bits per heavy atom. The van der Waals surface area contributed by atoms with Crippen LogP contribution < -0.4 is 63.7 Å². The van der Waals surface area contributed by atoms with Crippen LogP contribution in [0.25, 0.3) is 0 Å². The number of fused-ring (bicyclic) bond motifs is 3. The van der Waals surface area contributed by atoms with Crippen molar-refractivity contribution < 1.29 is 33.6 Å². The maximum absolute atomic E-state index is 14.7. The van der Waals surface area contributed by atoms with Gasteiger partial charge in [0.1, 0.15) is 0 Å². The number of sulfone groups is 1. The van der Waals surface area contributed by atoms with Crippen molar-refractivity contribution >= 4 is 124 Å². The van der Waals surface area contributed by atoms with Crippen molar-refractivity contribution in [2.75, 3.05) is 6.61 Å². The first-order valence-corrected chi connectivity index (χ1v) is 58.4. The Hall–Kier alpha value is -8.91. The van der Waals surface area contributed by atoms with Crippen molar-refractivity contribution in [2.45, 2.75) is 126 Å². The average molecular weight is 1920 g/mol. The van der Waals surface area contributed by atoms with Gasteiger partial charge in [-0.1, -0.05) is 364 Å². The third-order valence-electron chi connectivity index (χ3n) is 24.0. The van der Waals surface area contributed by atoms with Gasteiger partial charge >= 0.3 is 290 Å². The normalized spacial score (nSPS) is 16.4. The molecule has 0 radical (unpaired) electrons. The monoisotopic (exact) mass is 1920 g/mol. The molecule has 2 fully saturated rings. The molecule has 4 atom stereocenters.